The normalized spacial score (nSPS) is 18.4. The van der Waals surface area contributed by atoms with Crippen molar-refractivity contribution in [2.24, 2.45) is 0 Å². The number of amides is 1. The maximum Gasteiger partial charge on any atom is 0.410 e. The summed E-state index contributed by atoms with van der Waals surface area (Å²) in [6, 6.07) is 7.79. The van der Waals surface area contributed by atoms with Crippen LogP contribution in [-0.4, -0.2) is 43.0 Å². The summed E-state index contributed by atoms with van der Waals surface area (Å²) in [7, 11) is 1.63. The summed E-state index contributed by atoms with van der Waals surface area (Å²) in [6.07, 6.45) is 1.54. The number of aliphatic hydroxyl groups excluding tert-OH is 1. The van der Waals surface area contributed by atoms with Crippen LogP contribution in [0.15, 0.2) is 24.3 Å². The number of carbonyl (C=O) groups excluding carboxylic acids is 1. The van der Waals surface area contributed by atoms with Gasteiger partial charge in [-0.25, -0.2) is 4.79 Å². The Morgan fingerprint density at radius 1 is 1.42 bits per heavy atom. The quantitative estimate of drug-likeness (QED) is 0.904. The van der Waals surface area contributed by atoms with Gasteiger partial charge in [0.05, 0.1) is 19.8 Å². The van der Waals surface area contributed by atoms with Crippen LogP contribution in [0.5, 0.6) is 5.75 Å². The van der Waals surface area contributed by atoms with Gasteiger partial charge in [-0.2, -0.15) is 0 Å². The maximum absolute atomic E-state index is 11.9. The van der Waals surface area contributed by atoms with Gasteiger partial charge in [0.15, 0.2) is 0 Å². The standard InChI is InChI=1S/C14H19NO4/c1-18-12-6-4-11(5-7-12)13-3-2-8-15(13)14(17)19-10-9-16/h4-7,13,16H,2-3,8-10H2,1H3. The van der Waals surface area contributed by atoms with Crippen LogP contribution in [0.2, 0.25) is 0 Å². The molecule has 0 aliphatic carbocycles. The molecular weight excluding hydrogens is 246 g/mol. The van der Waals surface area contributed by atoms with Crippen molar-refractivity contribution in [1.29, 1.82) is 0 Å². The number of carbonyl (C=O) groups is 1. The van der Waals surface area contributed by atoms with Gasteiger partial charge in [0.1, 0.15) is 12.4 Å². The Morgan fingerprint density at radius 3 is 2.79 bits per heavy atom. The molecule has 1 amide bonds. The molecule has 2 rings (SSSR count). The first-order valence-electron chi connectivity index (χ1n) is 6.44. The summed E-state index contributed by atoms with van der Waals surface area (Å²) in [5.74, 6) is 0.802. The highest BCUT2D eigenvalue weighted by Gasteiger charge is 2.30. The van der Waals surface area contributed by atoms with Crippen LogP contribution < -0.4 is 4.74 Å². The molecule has 1 aromatic carbocycles. The number of aliphatic hydroxyl groups is 1. The second-order valence-electron chi connectivity index (χ2n) is 4.46. The Bertz CT molecular complexity index is 418. The minimum atomic E-state index is -0.354. The summed E-state index contributed by atoms with van der Waals surface area (Å²) in [5.41, 5.74) is 1.08. The lowest BCUT2D eigenvalue weighted by atomic mass is 10.0. The molecule has 1 heterocycles. The molecule has 1 unspecified atom stereocenters. The lowest BCUT2D eigenvalue weighted by Crippen LogP contribution is -2.31. The largest absolute Gasteiger partial charge is 0.497 e. The smallest absolute Gasteiger partial charge is 0.410 e. The van der Waals surface area contributed by atoms with Gasteiger partial charge in [-0.05, 0) is 30.5 Å². The Labute approximate surface area is 112 Å². The van der Waals surface area contributed by atoms with E-state index in [9.17, 15) is 4.79 Å². The Kier molecular flexibility index (Phi) is 4.63. The molecule has 1 N–H and O–H groups in total. The fourth-order valence-corrected chi connectivity index (χ4v) is 2.37. The number of nitrogens with zero attached hydrogens (tertiary/aromatic N) is 1. The van der Waals surface area contributed by atoms with E-state index >= 15 is 0 Å². The van der Waals surface area contributed by atoms with Crippen molar-refractivity contribution in [1.82, 2.24) is 4.90 Å². The highest BCUT2D eigenvalue weighted by molar-refractivity contribution is 5.68. The molecule has 1 saturated heterocycles. The molecule has 0 aromatic heterocycles. The second-order valence-corrected chi connectivity index (χ2v) is 4.46. The molecule has 1 aliphatic heterocycles. The van der Waals surface area contributed by atoms with Gasteiger partial charge in [0.2, 0.25) is 0 Å². The summed E-state index contributed by atoms with van der Waals surface area (Å²) in [4.78, 5) is 13.6. The summed E-state index contributed by atoms with van der Waals surface area (Å²) in [6.45, 7) is 0.596. The van der Waals surface area contributed by atoms with E-state index in [0.29, 0.717) is 6.54 Å². The van der Waals surface area contributed by atoms with E-state index in [4.69, 9.17) is 14.6 Å². The Morgan fingerprint density at radius 2 is 2.16 bits per heavy atom. The van der Waals surface area contributed by atoms with Gasteiger partial charge >= 0.3 is 6.09 Å². The molecule has 5 nitrogen and oxygen atoms in total. The third-order valence-corrected chi connectivity index (χ3v) is 3.30. The average molecular weight is 265 g/mol. The summed E-state index contributed by atoms with van der Waals surface area (Å²) in [5, 5.41) is 8.69. The van der Waals surface area contributed by atoms with Gasteiger partial charge in [0, 0.05) is 6.54 Å². The molecule has 1 aromatic rings. The van der Waals surface area contributed by atoms with E-state index in [2.05, 4.69) is 0 Å². The third kappa shape index (κ3) is 3.17. The lowest BCUT2D eigenvalue weighted by molar-refractivity contribution is 0.0807. The number of likely N-dealkylation sites (tertiary alicyclic amines) is 1. The molecule has 0 radical (unpaired) electrons. The zero-order chi connectivity index (χ0) is 13.7. The summed E-state index contributed by atoms with van der Waals surface area (Å²) >= 11 is 0. The van der Waals surface area contributed by atoms with Gasteiger partial charge in [0.25, 0.3) is 0 Å². The van der Waals surface area contributed by atoms with Crippen LogP contribution in [0.4, 0.5) is 4.79 Å². The molecule has 1 atom stereocenters. The molecular formula is C14H19NO4. The van der Waals surface area contributed by atoms with Crippen molar-refractivity contribution in [3.8, 4) is 5.75 Å². The predicted molar refractivity (Wildman–Crippen MR) is 70.1 cm³/mol. The highest BCUT2D eigenvalue weighted by atomic mass is 16.6. The van der Waals surface area contributed by atoms with Crippen molar-refractivity contribution in [2.45, 2.75) is 18.9 Å². The van der Waals surface area contributed by atoms with E-state index in [-0.39, 0.29) is 25.3 Å². The topological polar surface area (TPSA) is 59.0 Å². The van der Waals surface area contributed by atoms with Gasteiger partial charge in [-0.3, -0.25) is 0 Å². The molecule has 0 bridgehead atoms. The molecule has 19 heavy (non-hydrogen) atoms. The molecule has 5 heteroatoms. The van der Waals surface area contributed by atoms with Crippen LogP contribution in [0.25, 0.3) is 0 Å². The maximum atomic E-state index is 11.9. The zero-order valence-corrected chi connectivity index (χ0v) is 11.0. The van der Waals surface area contributed by atoms with Crippen molar-refractivity contribution in [3.63, 3.8) is 0 Å². The fraction of sp³-hybridized carbons (Fsp3) is 0.500. The minimum Gasteiger partial charge on any atom is -0.497 e. The van der Waals surface area contributed by atoms with Crippen LogP contribution in [0.1, 0.15) is 24.4 Å². The van der Waals surface area contributed by atoms with Gasteiger partial charge in [-0.1, -0.05) is 12.1 Å². The Balaban J connectivity index is 2.06. The van der Waals surface area contributed by atoms with Crippen molar-refractivity contribution in [2.75, 3.05) is 26.9 Å². The lowest BCUT2D eigenvalue weighted by Gasteiger charge is -2.24. The highest BCUT2D eigenvalue weighted by Crippen LogP contribution is 2.33. The zero-order valence-electron chi connectivity index (χ0n) is 11.0. The van der Waals surface area contributed by atoms with Crippen LogP contribution in [0, 0.1) is 0 Å². The molecule has 1 fully saturated rings. The fourth-order valence-electron chi connectivity index (χ4n) is 2.37. The Hall–Kier alpha value is -1.75. The first-order valence-corrected chi connectivity index (χ1v) is 6.44. The van der Waals surface area contributed by atoms with E-state index in [0.717, 1.165) is 24.2 Å². The predicted octanol–water partition coefficient (Wildman–Crippen LogP) is 1.96. The first-order chi connectivity index (χ1) is 9.26. The van der Waals surface area contributed by atoms with Crippen LogP contribution >= 0.6 is 0 Å². The number of hydrogen-bond acceptors (Lipinski definition) is 4. The number of ether oxygens (including phenoxy) is 2. The molecule has 0 saturated carbocycles. The van der Waals surface area contributed by atoms with Gasteiger partial charge < -0.3 is 19.5 Å². The number of hydrogen-bond donors (Lipinski definition) is 1. The monoisotopic (exact) mass is 265 g/mol. The number of benzene rings is 1. The summed E-state index contributed by atoms with van der Waals surface area (Å²) < 4.78 is 10.1. The molecule has 104 valence electrons. The van der Waals surface area contributed by atoms with Gasteiger partial charge in [-0.15, -0.1) is 0 Å². The second kappa shape index (κ2) is 6.43. The van der Waals surface area contributed by atoms with E-state index in [1.165, 1.54) is 0 Å². The molecule has 1 aliphatic rings. The van der Waals surface area contributed by atoms with Crippen LogP contribution in [-0.2, 0) is 4.74 Å². The van der Waals surface area contributed by atoms with E-state index < -0.39 is 0 Å². The number of rotatable bonds is 4. The number of methoxy groups -OCH3 is 1. The third-order valence-electron chi connectivity index (χ3n) is 3.30. The van der Waals surface area contributed by atoms with Crippen LogP contribution in [0.3, 0.4) is 0 Å². The first kappa shape index (κ1) is 13.7. The van der Waals surface area contributed by atoms with E-state index in [1.54, 1.807) is 12.0 Å². The van der Waals surface area contributed by atoms with Crippen molar-refractivity contribution >= 4 is 6.09 Å². The van der Waals surface area contributed by atoms with E-state index in [1.807, 2.05) is 24.3 Å². The van der Waals surface area contributed by atoms with Crippen molar-refractivity contribution < 1.29 is 19.4 Å². The van der Waals surface area contributed by atoms with Crippen molar-refractivity contribution in [3.05, 3.63) is 29.8 Å². The minimum absolute atomic E-state index is 0.0463. The average Bonchev–Trinajstić information content (AvgIpc) is 2.94. The molecule has 0 spiro atoms. The SMILES string of the molecule is COc1ccc(C2CCCN2C(=O)OCCO)cc1.